The van der Waals surface area contributed by atoms with Crippen LogP contribution in [0.2, 0.25) is 0 Å². The zero-order valence-electron chi connectivity index (χ0n) is 11.7. The first-order valence-corrected chi connectivity index (χ1v) is 8.19. The summed E-state index contributed by atoms with van der Waals surface area (Å²) in [5, 5.41) is 12.7. The van der Waals surface area contributed by atoms with Gasteiger partial charge in [0.1, 0.15) is 15.9 Å². The summed E-state index contributed by atoms with van der Waals surface area (Å²) in [5.41, 5.74) is 3.83. The topological polar surface area (TPSA) is 65.8 Å². The van der Waals surface area contributed by atoms with Gasteiger partial charge in [0, 0.05) is 4.88 Å². The highest BCUT2D eigenvalue weighted by atomic mass is 32.1. The molecule has 0 aliphatic rings. The predicted molar refractivity (Wildman–Crippen MR) is 89.3 cm³/mol. The number of rotatable bonds is 3. The molecule has 2 heterocycles. The number of anilines is 1. The monoisotopic (exact) mass is 325 g/mol. The van der Waals surface area contributed by atoms with E-state index in [0.29, 0.717) is 21.1 Å². The zero-order valence-corrected chi connectivity index (χ0v) is 13.3. The molecule has 0 saturated carbocycles. The molecular formula is C16H11N3OS2. The molecule has 0 unspecified atom stereocenters. The summed E-state index contributed by atoms with van der Waals surface area (Å²) in [7, 11) is 0. The molecule has 108 valence electrons. The third-order valence-corrected chi connectivity index (χ3v) is 5.12. The maximum absolute atomic E-state index is 12.3. The molecule has 22 heavy (non-hydrogen) atoms. The van der Waals surface area contributed by atoms with Crippen LogP contribution >= 0.6 is 22.7 Å². The van der Waals surface area contributed by atoms with Crippen LogP contribution in [-0.2, 0) is 0 Å². The largest absolute Gasteiger partial charge is 0.312 e. The summed E-state index contributed by atoms with van der Waals surface area (Å²) < 4.78 is 0. The Morgan fingerprint density at radius 3 is 2.73 bits per heavy atom. The van der Waals surface area contributed by atoms with Crippen molar-refractivity contribution < 1.29 is 4.79 Å². The van der Waals surface area contributed by atoms with Crippen LogP contribution in [0.1, 0.15) is 20.9 Å². The molecule has 0 aliphatic carbocycles. The van der Waals surface area contributed by atoms with E-state index in [4.69, 9.17) is 0 Å². The van der Waals surface area contributed by atoms with Gasteiger partial charge < -0.3 is 5.32 Å². The molecule has 0 spiro atoms. The second-order valence-corrected chi connectivity index (χ2v) is 6.46. The van der Waals surface area contributed by atoms with Gasteiger partial charge in [-0.2, -0.15) is 5.26 Å². The van der Waals surface area contributed by atoms with Gasteiger partial charge in [-0.25, -0.2) is 4.98 Å². The first-order chi connectivity index (χ1) is 10.7. The van der Waals surface area contributed by atoms with E-state index < -0.39 is 0 Å². The van der Waals surface area contributed by atoms with E-state index in [1.165, 1.54) is 22.7 Å². The van der Waals surface area contributed by atoms with Gasteiger partial charge in [-0.15, -0.1) is 22.7 Å². The van der Waals surface area contributed by atoms with Crippen LogP contribution in [0.15, 0.2) is 41.9 Å². The molecular weight excluding hydrogens is 314 g/mol. The van der Waals surface area contributed by atoms with E-state index >= 15 is 0 Å². The van der Waals surface area contributed by atoms with Crippen LogP contribution in [-0.4, -0.2) is 10.9 Å². The molecule has 0 fully saturated rings. The highest BCUT2D eigenvalue weighted by molar-refractivity contribution is 7.20. The maximum Gasteiger partial charge on any atom is 0.268 e. The molecule has 1 amide bonds. The minimum Gasteiger partial charge on any atom is -0.312 e. The SMILES string of the molecule is Cc1ncsc1C(=O)Nc1sc(-c2ccccc2)cc1C#N. The van der Waals surface area contributed by atoms with Gasteiger partial charge in [-0.1, -0.05) is 30.3 Å². The number of aromatic nitrogens is 1. The van der Waals surface area contributed by atoms with E-state index in [1.54, 1.807) is 18.5 Å². The van der Waals surface area contributed by atoms with E-state index in [9.17, 15) is 10.1 Å². The van der Waals surface area contributed by atoms with Crippen LogP contribution in [0.5, 0.6) is 0 Å². The van der Waals surface area contributed by atoms with Crippen molar-refractivity contribution in [1.29, 1.82) is 5.26 Å². The molecule has 6 heteroatoms. The van der Waals surface area contributed by atoms with Crippen LogP contribution in [0.25, 0.3) is 10.4 Å². The number of amides is 1. The predicted octanol–water partition coefficient (Wildman–Crippen LogP) is 4.30. The number of aryl methyl sites for hydroxylation is 1. The third kappa shape index (κ3) is 2.77. The number of carbonyl (C=O) groups is 1. The van der Waals surface area contributed by atoms with E-state index in [0.717, 1.165) is 10.4 Å². The number of nitriles is 1. The number of hydrogen-bond donors (Lipinski definition) is 1. The minimum absolute atomic E-state index is 0.224. The molecule has 0 bridgehead atoms. The molecule has 4 nitrogen and oxygen atoms in total. The first-order valence-electron chi connectivity index (χ1n) is 6.50. The van der Waals surface area contributed by atoms with Crippen molar-refractivity contribution >= 4 is 33.6 Å². The number of benzene rings is 1. The lowest BCUT2D eigenvalue weighted by molar-refractivity contribution is 0.103. The molecule has 3 aromatic rings. The van der Waals surface area contributed by atoms with E-state index in [2.05, 4.69) is 16.4 Å². The van der Waals surface area contributed by atoms with Gasteiger partial charge in [-0.05, 0) is 18.6 Å². The summed E-state index contributed by atoms with van der Waals surface area (Å²) in [6.45, 7) is 1.79. The number of nitrogens with one attached hydrogen (secondary N) is 1. The molecule has 1 N–H and O–H groups in total. The van der Waals surface area contributed by atoms with Crippen molar-refractivity contribution in [3.63, 3.8) is 0 Å². The lowest BCUT2D eigenvalue weighted by Gasteiger charge is -2.01. The van der Waals surface area contributed by atoms with Gasteiger partial charge in [0.05, 0.1) is 16.8 Å². The second-order valence-electron chi connectivity index (χ2n) is 4.55. The lowest BCUT2D eigenvalue weighted by atomic mass is 10.2. The normalized spacial score (nSPS) is 10.2. The van der Waals surface area contributed by atoms with Crippen LogP contribution in [0, 0.1) is 18.3 Å². The quantitative estimate of drug-likeness (QED) is 0.780. The number of thiazole rings is 1. The summed E-state index contributed by atoms with van der Waals surface area (Å²) in [6.07, 6.45) is 0. The van der Waals surface area contributed by atoms with E-state index in [-0.39, 0.29) is 5.91 Å². The van der Waals surface area contributed by atoms with Crippen LogP contribution in [0.4, 0.5) is 5.00 Å². The first kappa shape index (κ1) is 14.4. The molecule has 3 rings (SSSR count). The van der Waals surface area contributed by atoms with Gasteiger partial charge in [0.25, 0.3) is 5.91 Å². The Kier molecular flexibility index (Phi) is 4.00. The molecule has 0 atom stereocenters. The molecule has 2 aromatic heterocycles. The summed E-state index contributed by atoms with van der Waals surface area (Å²) in [4.78, 5) is 17.9. The highest BCUT2D eigenvalue weighted by Gasteiger charge is 2.16. The summed E-state index contributed by atoms with van der Waals surface area (Å²) in [5.74, 6) is -0.224. The number of hydrogen-bond acceptors (Lipinski definition) is 5. The molecule has 0 aliphatic heterocycles. The number of carbonyl (C=O) groups excluding carboxylic acids is 1. The average Bonchev–Trinajstić information content (AvgIpc) is 3.14. The number of nitrogens with zero attached hydrogens (tertiary/aromatic N) is 2. The van der Waals surface area contributed by atoms with Crippen molar-refractivity contribution in [2.45, 2.75) is 6.92 Å². The Labute approximate surface area is 135 Å². The summed E-state index contributed by atoms with van der Waals surface area (Å²) >= 11 is 2.69. The minimum atomic E-state index is -0.224. The fourth-order valence-corrected chi connectivity index (χ4v) is 3.70. The fraction of sp³-hybridized carbons (Fsp3) is 0.0625. The smallest absolute Gasteiger partial charge is 0.268 e. The molecule has 0 radical (unpaired) electrons. The van der Waals surface area contributed by atoms with Crippen molar-refractivity contribution in [3.8, 4) is 16.5 Å². The molecule has 0 saturated heterocycles. The third-order valence-electron chi connectivity index (χ3n) is 3.09. The van der Waals surface area contributed by atoms with Gasteiger partial charge in [-0.3, -0.25) is 4.79 Å². The second kappa shape index (κ2) is 6.10. The van der Waals surface area contributed by atoms with Crippen molar-refractivity contribution in [3.05, 3.63) is 58.0 Å². The fourth-order valence-electron chi connectivity index (χ4n) is 1.99. The van der Waals surface area contributed by atoms with E-state index in [1.807, 2.05) is 30.3 Å². The molecule has 1 aromatic carbocycles. The van der Waals surface area contributed by atoms with Gasteiger partial charge >= 0.3 is 0 Å². The van der Waals surface area contributed by atoms with Crippen LogP contribution < -0.4 is 5.32 Å². The Hall–Kier alpha value is -2.49. The highest BCUT2D eigenvalue weighted by Crippen LogP contribution is 2.35. The zero-order chi connectivity index (χ0) is 15.5. The van der Waals surface area contributed by atoms with Crippen LogP contribution in [0.3, 0.4) is 0 Å². The Balaban J connectivity index is 1.92. The Morgan fingerprint density at radius 2 is 2.09 bits per heavy atom. The van der Waals surface area contributed by atoms with Crippen molar-refractivity contribution in [2.24, 2.45) is 0 Å². The van der Waals surface area contributed by atoms with Gasteiger partial charge in [0.2, 0.25) is 0 Å². The lowest BCUT2D eigenvalue weighted by Crippen LogP contribution is -2.11. The Bertz CT molecular complexity index is 859. The van der Waals surface area contributed by atoms with Gasteiger partial charge in [0.15, 0.2) is 0 Å². The average molecular weight is 325 g/mol. The number of thiophene rings is 1. The van der Waals surface area contributed by atoms with Crippen molar-refractivity contribution in [2.75, 3.05) is 5.32 Å². The maximum atomic E-state index is 12.3. The van der Waals surface area contributed by atoms with Crippen molar-refractivity contribution in [1.82, 2.24) is 4.98 Å². The standard InChI is InChI=1S/C16H11N3OS2/c1-10-14(21-9-18-10)15(20)19-16-12(8-17)7-13(22-16)11-5-3-2-4-6-11/h2-7,9H,1H3,(H,19,20). The summed E-state index contributed by atoms with van der Waals surface area (Å²) in [6, 6.07) is 13.7. The Morgan fingerprint density at radius 1 is 1.32 bits per heavy atom.